The van der Waals surface area contributed by atoms with E-state index in [1.165, 1.54) is 18.2 Å². The SMILES string of the molecule is O=C(NCC(c1ccccc1Cl)N1CCOCC1)c1cc([N+](=O)[O-])ccc1Cl. The van der Waals surface area contributed by atoms with Crippen molar-refractivity contribution in [1.29, 1.82) is 0 Å². The van der Waals surface area contributed by atoms with Crippen molar-refractivity contribution < 1.29 is 14.5 Å². The number of carbonyl (C=O) groups excluding carboxylic acids is 1. The first-order chi connectivity index (χ1) is 13.5. The summed E-state index contributed by atoms with van der Waals surface area (Å²) < 4.78 is 5.42. The maximum atomic E-state index is 12.6. The van der Waals surface area contributed by atoms with E-state index in [0.29, 0.717) is 31.3 Å². The van der Waals surface area contributed by atoms with E-state index >= 15 is 0 Å². The Kier molecular flexibility index (Phi) is 6.85. The third-order valence-electron chi connectivity index (χ3n) is 4.61. The molecule has 0 aromatic heterocycles. The van der Waals surface area contributed by atoms with Crippen LogP contribution in [0.1, 0.15) is 22.0 Å². The van der Waals surface area contributed by atoms with Gasteiger partial charge in [-0.2, -0.15) is 0 Å². The smallest absolute Gasteiger partial charge is 0.270 e. The number of nitrogens with zero attached hydrogens (tertiary/aromatic N) is 2. The van der Waals surface area contributed by atoms with Gasteiger partial charge in [-0.05, 0) is 17.7 Å². The molecule has 0 saturated carbocycles. The molecule has 1 aliphatic heterocycles. The lowest BCUT2D eigenvalue weighted by molar-refractivity contribution is -0.384. The number of non-ortho nitro benzene ring substituents is 1. The van der Waals surface area contributed by atoms with Crippen LogP contribution in [0, 0.1) is 10.1 Å². The Morgan fingerprint density at radius 1 is 1.18 bits per heavy atom. The molecule has 1 unspecified atom stereocenters. The van der Waals surface area contributed by atoms with Crippen LogP contribution in [0.2, 0.25) is 10.0 Å². The summed E-state index contributed by atoms with van der Waals surface area (Å²) in [6, 6.07) is 11.1. The molecule has 7 nitrogen and oxygen atoms in total. The van der Waals surface area contributed by atoms with Gasteiger partial charge >= 0.3 is 0 Å². The standard InChI is InChI=1S/C19H19Cl2N3O4/c20-16-4-2-1-3-14(16)18(23-7-9-28-10-8-23)12-22-19(25)15-11-13(24(26)27)5-6-17(15)21/h1-6,11,18H,7-10,12H2,(H,22,25). The van der Waals surface area contributed by atoms with Crippen LogP contribution in [-0.4, -0.2) is 48.6 Å². The highest BCUT2D eigenvalue weighted by Crippen LogP contribution is 2.28. The molecule has 28 heavy (non-hydrogen) atoms. The molecule has 2 aromatic rings. The second kappa shape index (κ2) is 9.34. The number of benzene rings is 2. The van der Waals surface area contributed by atoms with Crippen molar-refractivity contribution in [3.8, 4) is 0 Å². The van der Waals surface area contributed by atoms with Gasteiger partial charge in [0, 0.05) is 36.8 Å². The highest BCUT2D eigenvalue weighted by atomic mass is 35.5. The monoisotopic (exact) mass is 423 g/mol. The molecule has 3 rings (SSSR count). The molecule has 0 bridgehead atoms. The van der Waals surface area contributed by atoms with E-state index in [-0.39, 0.29) is 28.9 Å². The number of amides is 1. The lowest BCUT2D eigenvalue weighted by atomic mass is 10.0. The molecule has 1 saturated heterocycles. The Labute approximate surface area is 172 Å². The predicted octanol–water partition coefficient (Wildman–Crippen LogP) is 3.70. The minimum absolute atomic E-state index is 0.0655. The van der Waals surface area contributed by atoms with Crippen LogP contribution in [-0.2, 0) is 4.74 Å². The third-order valence-corrected chi connectivity index (χ3v) is 5.29. The summed E-state index contributed by atoms with van der Waals surface area (Å²) in [4.78, 5) is 25.3. The summed E-state index contributed by atoms with van der Waals surface area (Å²) >= 11 is 12.5. The van der Waals surface area contributed by atoms with Crippen LogP contribution in [0.15, 0.2) is 42.5 Å². The molecular formula is C19H19Cl2N3O4. The quantitative estimate of drug-likeness (QED) is 0.565. The maximum absolute atomic E-state index is 12.6. The van der Waals surface area contributed by atoms with E-state index in [1.54, 1.807) is 0 Å². The Morgan fingerprint density at radius 2 is 1.89 bits per heavy atom. The van der Waals surface area contributed by atoms with Crippen molar-refractivity contribution in [3.63, 3.8) is 0 Å². The topological polar surface area (TPSA) is 84.7 Å². The summed E-state index contributed by atoms with van der Waals surface area (Å²) in [7, 11) is 0. The Balaban J connectivity index is 1.80. The second-order valence-electron chi connectivity index (χ2n) is 6.32. The number of rotatable bonds is 6. The van der Waals surface area contributed by atoms with Gasteiger partial charge in [-0.3, -0.25) is 19.8 Å². The van der Waals surface area contributed by atoms with Crippen LogP contribution in [0.5, 0.6) is 0 Å². The van der Waals surface area contributed by atoms with Crippen molar-refractivity contribution in [2.24, 2.45) is 0 Å². The molecule has 9 heteroatoms. The zero-order valence-corrected chi connectivity index (χ0v) is 16.4. The van der Waals surface area contributed by atoms with Gasteiger partial charge in [0.1, 0.15) is 0 Å². The van der Waals surface area contributed by atoms with E-state index in [1.807, 2.05) is 24.3 Å². The fourth-order valence-electron chi connectivity index (χ4n) is 3.16. The molecule has 1 fully saturated rings. The van der Waals surface area contributed by atoms with Gasteiger partial charge in [0.25, 0.3) is 11.6 Å². The Morgan fingerprint density at radius 3 is 2.57 bits per heavy atom. The fourth-order valence-corrected chi connectivity index (χ4v) is 3.62. The first-order valence-electron chi connectivity index (χ1n) is 8.75. The van der Waals surface area contributed by atoms with Gasteiger partial charge in [0.2, 0.25) is 0 Å². The first-order valence-corrected chi connectivity index (χ1v) is 9.51. The summed E-state index contributed by atoms with van der Waals surface area (Å²) in [6.07, 6.45) is 0. The van der Waals surface area contributed by atoms with E-state index in [4.69, 9.17) is 27.9 Å². The van der Waals surface area contributed by atoms with Gasteiger partial charge in [0.05, 0.1) is 34.8 Å². The molecule has 1 atom stereocenters. The zero-order valence-electron chi connectivity index (χ0n) is 14.9. The van der Waals surface area contributed by atoms with E-state index < -0.39 is 10.8 Å². The highest BCUT2D eigenvalue weighted by Gasteiger charge is 2.25. The number of nitrogens with one attached hydrogen (secondary N) is 1. The van der Waals surface area contributed by atoms with Crippen molar-refractivity contribution in [2.75, 3.05) is 32.8 Å². The molecule has 1 N–H and O–H groups in total. The summed E-state index contributed by atoms with van der Waals surface area (Å²) in [5.41, 5.74) is 0.776. The van der Waals surface area contributed by atoms with Gasteiger partial charge in [-0.1, -0.05) is 41.4 Å². The number of nitro groups is 1. The van der Waals surface area contributed by atoms with Crippen LogP contribution in [0.4, 0.5) is 5.69 Å². The highest BCUT2D eigenvalue weighted by molar-refractivity contribution is 6.34. The van der Waals surface area contributed by atoms with E-state index in [0.717, 1.165) is 5.56 Å². The van der Waals surface area contributed by atoms with Gasteiger partial charge in [-0.25, -0.2) is 0 Å². The zero-order chi connectivity index (χ0) is 20.1. The minimum atomic E-state index is -0.562. The lowest BCUT2D eigenvalue weighted by Crippen LogP contribution is -2.44. The Bertz CT molecular complexity index is 872. The molecule has 148 valence electrons. The van der Waals surface area contributed by atoms with Crippen molar-refractivity contribution in [3.05, 3.63) is 73.8 Å². The van der Waals surface area contributed by atoms with Crippen LogP contribution in [0.25, 0.3) is 0 Å². The van der Waals surface area contributed by atoms with Crippen LogP contribution in [0.3, 0.4) is 0 Å². The average molecular weight is 424 g/mol. The number of nitro benzene ring substituents is 1. The van der Waals surface area contributed by atoms with Gasteiger partial charge < -0.3 is 10.1 Å². The van der Waals surface area contributed by atoms with Crippen molar-refractivity contribution in [2.45, 2.75) is 6.04 Å². The molecular weight excluding hydrogens is 405 g/mol. The second-order valence-corrected chi connectivity index (χ2v) is 7.13. The third kappa shape index (κ3) is 4.80. The number of halogens is 2. The number of carbonyl (C=O) groups is 1. The number of morpholine rings is 1. The molecule has 0 spiro atoms. The largest absolute Gasteiger partial charge is 0.379 e. The normalized spacial score (nSPS) is 15.8. The first kappa shape index (κ1) is 20.5. The van der Waals surface area contributed by atoms with Crippen LogP contribution >= 0.6 is 23.2 Å². The lowest BCUT2D eigenvalue weighted by Gasteiger charge is -2.35. The van der Waals surface area contributed by atoms with Crippen molar-refractivity contribution in [1.82, 2.24) is 10.2 Å². The van der Waals surface area contributed by atoms with Crippen LogP contribution < -0.4 is 5.32 Å². The fraction of sp³-hybridized carbons (Fsp3) is 0.316. The van der Waals surface area contributed by atoms with E-state index in [2.05, 4.69) is 10.2 Å². The Hall–Kier alpha value is -2.19. The summed E-state index contributed by atoms with van der Waals surface area (Å²) in [5.74, 6) is -0.473. The molecule has 1 amide bonds. The van der Waals surface area contributed by atoms with Gasteiger partial charge in [0.15, 0.2) is 0 Å². The summed E-state index contributed by atoms with van der Waals surface area (Å²) in [5, 5.41) is 14.6. The molecule has 0 aliphatic carbocycles. The number of hydrogen-bond acceptors (Lipinski definition) is 5. The molecule has 2 aromatic carbocycles. The summed E-state index contributed by atoms with van der Waals surface area (Å²) in [6.45, 7) is 2.91. The van der Waals surface area contributed by atoms with E-state index in [9.17, 15) is 14.9 Å². The number of ether oxygens (including phenoxy) is 1. The predicted molar refractivity (Wildman–Crippen MR) is 107 cm³/mol. The molecule has 1 heterocycles. The number of hydrogen-bond donors (Lipinski definition) is 1. The van der Waals surface area contributed by atoms with Gasteiger partial charge in [-0.15, -0.1) is 0 Å². The molecule has 1 aliphatic rings. The maximum Gasteiger partial charge on any atom is 0.270 e. The van der Waals surface area contributed by atoms with Crippen molar-refractivity contribution >= 4 is 34.8 Å². The average Bonchev–Trinajstić information content (AvgIpc) is 2.70. The minimum Gasteiger partial charge on any atom is -0.379 e. The molecule has 0 radical (unpaired) electrons.